The molecule has 0 saturated carbocycles. The van der Waals surface area contributed by atoms with Crippen molar-refractivity contribution in [3.05, 3.63) is 16.1 Å². The molecule has 20 heavy (non-hydrogen) atoms. The number of carbonyl (C=O) groups is 1. The molecule has 1 aromatic rings. The molecule has 112 valence electrons. The number of hydrogen-bond donors (Lipinski definition) is 2. The van der Waals surface area contributed by atoms with Crippen LogP contribution in [-0.2, 0) is 4.79 Å². The van der Waals surface area contributed by atoms with Crippen molar-refractivity contribution in [2.45, 2.75) is 32.0 Å². The summed E-state index contributed by atoms with van der Waals surface area (Å²) < 4.78 is 36.9. The van der Waals surface area contributed by atoms with Crippen LogP contribution < -0.4 is 10.6 Å². The molecule has 0 spiro atoms. The lowest BCUT2D eigenvalue weighted by Gasteiger charge is -2.29. The molecular formula is C11H14F3IN4O. The first-order valence-electron chi connectivity index (χ1n) is 5.78. The predicted octanol–water partition coefficient (Wildman–Crippen LogP) is 2.34. The normalized spacial score (nSPS) is 14.5. The van der Waals surface area contributed by atoms with E-state index in [1.165, 1.54) is 13.1 Å². The maximum absolute atomic E-state index is 12.1. The van der Waals surface area contributed by atoms with E-state index in [1.54, 1.807) is 13.0 Å². The van der Waals surface area contributed by atoms with Crippen LogP contribution in [0.1, 0.15) is 20.3 Å². The minimum atomic E-state index is -4.44. The fraction of sp³-hybridized carbons (Fsp3) is 0.545. The predicted molar refractivity (Wildman–Crippen MR) is 76.1 cm³/mol. The van der Waals surface area contributed by atoms with Crippen LogP contribution in [0.15, 0.2) is 12.3 Å². The first-order chi connectivity index (χ1) is 9.16. The molecule has 1 amide bonds. The number of nitrogens with zero attached hydrogens (tertiary/aromatic N) is 2. The van der Waals surface area contributed by atoms with E-state index in [4.69, 9.17) is 0 Å². The summed E-state index contributed by atoms with van der Waals surface area (Å²) in [4.78, 5) is 19.9. The Morgan fingerprint density at radius 1 is 1.45 bits per heavy atom. The molecule has 0 aliphatic heterocycles. The second kappa shape index (κ2) is 6.55. The standard InChI is InChI=1S/C11H14F3IN4O/c1-3-10(2,8(20)17-6-11(12,13)14)19-7-4-5-16-9(15)18-7/h4-5H,3,6H2,1-2H3,(H,17,20)(H,16,18,19)/t10-/m1/s1. The Morgan fingerprint density at radius 2 is 2.10 bits per heavy atom. The molecule has 0 radical (unpaired) electrons. The molecule has 1 rings (SSSR count). The fourth-order valence-electron chi connectivity index (χ4n) is 1.37. The van der Waals surface area contributed by atoms with Crippen molar-refractivity contribution in [2.24, 2.45) is 0 Å². The van der Waals surface area contributed by atoms with Crippen LogP contribution in [0, 0.1) is 3.83 Å². The van der Waals surface area contributed by atoms with Crippen LogP contribution in [0.3, 0.4) is 0 Å². The van der Waals surface area contributed by atoms with Crippen molar-refractivity contribution in [1.82, 2.24) is 15.3 Å². The third-order valence-corrected chi connectivity index (χ3v) is 3.21. The molecule has 2 N–H and O–H groups in total. The zero-order valence-corrected chi connectivity index (χ0v) is 13.0. The van der Waals surface area contributed by atoms with Crippen molar-refractivity contribution in [1.29, 1.82) is 0 Å². The Morgan fingerprint density at radius 3 is 2.60 bits per heavy atom. The Kier molecular flexibility index (Phi) is 5.54. The van der Waals surface area contributed by atoms with Gasteiger partial charge in [0, 0.05) is 28.8 Å². The van der Waals surface area contributed by atoms with Crippen LogP contribution in [0.5, 0.6) is 0 Å². The van der Waals surface area contributed by atoms with Gasteiger partial charge in [0.2, 0.25) is 5.91 Å². The van der Waals surface area contributed by atoms with Crippen molar-refractivity contribution < 1.29 is 18.0 Å². The number of nitrogens with one attached hydrogen (secondary N) is 2. The van der Waals surface area contributed by atoms with E-state index in [0.29, 0.717) is 16.1 Å². The molecule has 5 nitrogen and oxygen atoms in total. The molecular weight excluding hydrogens is 388 g/mol. The summed E-state index contributed by atoms with van der Waals surface area (Å²) in [7, 11) is 0. The van der Waals surface area contributed by atoms with Crippen LogP contribution in [0.2, 0.25) is 0 Å². The summed E-state index contributed by atoms with van der Waals surface area (Å²) in [5, 5.41) is 4.72. The highest BCUT2D eigenvalue weighted by Gasteiger charge is 2.35. The molecule has 0 aliphatic rings. The number of hydrogen-bond acceptors (Lipinski definition) is 4. The SMILES string of the molecule is CC[C@@](C)(Nc1ccnc(I)n1)C(=O)NCC(F)(F)F. The van der Waals surface area contributed by atoms with Gasteiger partial charge in [0.1, 0.15) is 17.9 Å². The Hall–Kier alpha value is -1.13. The highest BCUT2D eigenvalue weighted by molar-refractivity contribution is 14.1. The number of anilines is 1. The lowest BCUT2D eigenvalue weighted by molar-refractivity contribution is -0.140. The summed E-state index contributed by atoms with van der Waals surface area (Å²) >= 11 is 1.90. The third-order valence-electron chi connectivity index (χ3n) is 2.69. The average Bonchev–Trinajstić information content (AvgIpc) is 2.34. The largest absolute Gasteiger partial charge is 0.405 e. The summed E-state index contributed by atoms with van der Waals surface area (Å²) in [6.45, 7) is 1.87. The molecule has 1 heterocycles. The third kappa shape index (κ3) is 5.10. The van der Waals surface area contributed by atoms with Gasteiger partial charge >= 0.3 is 6.18 Å². The van der Waals surface area contributed by atoms with E-state index in [1.807, 2.05) is 27.9 Å². The second-order valence-corrected chi connectivity index (χ2v) is 5.28. The summed E-state index contributed by atoms with van der Waals surface area (Å²) in [5.41, 5.74) is -1.18. The molecule has 9 heteroatoms. The van der Waals surface area contributed by atoms with Gasteiger partial charge in [-0.15, -0.1) is 0 Å². The van der Waals surface area contributed by atoms with Gasteiger partial charge in [-0.25, -0.2) is 9.97 Å². The van der Waals surface area contributed by atoms with Crippen molar-refractivity contribution >= 4 is 34.3 Å². The molecule has 1 atom stereocenters. The number of halogens is 4. The topological polar surface area (TPSA) is 66.9 Å². The van der Waals surface area contributed by atoms with Crippen molar-refractivity contribution in [2.75, 3.05) is 11.9 Å². The molecule has 1 aromatic heterocycles. The highest BCUT2D eigenvalue weighted by Crippen LogP contribution is 2.19. The highest BCUT2D eigenvalue weighted by atomic mass is 127. The number of carbonyl (C=O) groups excluding carboxylic acids is 1. The van der Waals surface area contributed by atoms with Gasteiger partial charge < -0.3 is 10.6 Å². The van der Waals surface area contributed by atoms with Gasteiger partial charge in [-0.2, -0.15) is 13.2 Å². The first kappa shape index (κ1) is 16.9. The van der Waals surface area contributed by atoms with E-state index in [2.05, 4.69) is 15.3 Å². The minimum absolute atomic E-state index is 0.303. The molecule has 0 saturated heterocycles. The molecule has 0 aromatic carbocycles. The van der Waals surface area contributed by atoms with Crippen LogP contribution in [0.4, 0.5) is 19.0 Å². The van der Waals surface area contributed by atoms with Crippen LogP contribution >= 0.6 is 22.6 Å². The molecule has 0 aliphatic carbocycles. The van der Waals surface area contributed by atoms with E-state index >= 15 is 0 Å². The lowest BCUT2D eigenvalue weighted by atomic mass is 9.97. The zero-order valence-electron chi connectivity index (χ0n) is 10.9. The van der Waals surface area contributed by atoms with Gasteiger partial charge in [0.25, 0.3) is 0 Å². The van der Waals surface area contributed by atoms with Gasteiger partial charge in [-0.3, -0.25) is 4.79 Å². The molecule has 0 unspecified atom stereocenters. The Balaban J connectivity index is 2.78. The maximum atomic E-state index is 12.1. The van der Waals surface area contributed by atoms with Crippen LogP contribution in [-0.4, -0.2) is 34.1 Å². The van der Waals surface area contributed by atoms with Gasteiger partial charge in [-0.05, 0) is 19.4 Å². The minimum Gasteiger partial charge on any atom is -0.356 e. The van der Waals surface area contributed by atoms with E-state index in [0.717, 1.165) is 0 Å². The molecule has 0 fully saturated rings. The summed E-state index contributed by atoms with van der Waals surface area (Å²) in [5.74, 6) is -0.346. The quantitative estimate of drug-likeness (QED) is 0.586. The average molecular weight is 402 g/mol. The number of amides is 1. The summed E-state index contributed by atoms with van der Waals surface area (Å²) in [6, 6.07) is 1.55. The van der Waals surface area contributed by atoms with E-state index in [9.17, 15) is 18.0 Å². The van der Waals surface area contributed by atoms with E-state index < -0.39 is 24.2 Å². The van der Waals surface area contributed by atoms with Crippen molar-refractivity contribution in [3.63, 3.8) is 0 Å². The van der Waals surface area contributed by atoms with Gasteiger partial charge in [-0.1, -0.05) is 6.92 Å². The number of alkyl halides is 3. The van der Waals surface area contributed by atoms with Gasteiger partial charge in [0.05, 0.1) is 0 Å². The monoisotopic (exact) mass is 402 g/mol. The number of rotatable bonds is 5. The lowest BCUT2D eigenvalue weighted by Crippen LogP contribution is -2.52. The Labute approximate surface area is 127 Å². The maximum Gasteiger partial charge on any atom is 0.405 e. The fourth-order valence-corrected chi connectivity index (χ4v) is 1.79. The zero-order chi connectivity index (χ0) is 15.4. The number of aromatic nitrogens is 2. The van der Waals surface area contributed by atoms with E-state index in [-0.39, 0.29) is 0 Å². The second-order valence-electron chi connectivity index (χ2n) is 4.32. The smallest absolute Gasteiger partial charge is 0.356 e. The van der Waals surface area contributed by atoms with Crippen LogP contribution in [0.25, 0.3) is 0 Å². The van der Waals surface area contributed by atoms with Crippen molar-refractivity contribution in [3.8, 4) is 0 Å². The Bertz CT molecular complexity index is 483. The summed E-state index contributed by atoms with van der Waals surface area (Å²) in [6.07, 6.45) is -2.63. The molecule has 0 bridgehead atoms. The van der Waals surface area contributed by atoms with Gasteiger partial charge in [0.15, 0.2) is 3.83 Å². The first-order valence-corrected chi connectivity index (χ1v) is 6.86.